The van der Waals surface area contributed by atoms with E-state index in [-0.39, 0.29) is 0 Å². The predicted octanol–water partition coefficient (Wildman–Crippen LogP) is 0.999. The first-order valence-electron chi connectivity index (χ1n) is 8.89. The monoisotopic (exact) mass is 617 g/mol. The van der Waals surface area contributed by atoms with Crippen LogP contribution in [0.2, 0.25) is 5.28 Å². The summed E-state index contributed by atoms with van der Waals surface area (Å²) < 4.78 is 130. The second-order valence-electron chi connectivity index (χ2n) is 6.72. The van der Waals surface area contributed by atoms with Crippen molar-refractivity contribution in [3.8, 4) is 0 Å². The molecule has 0 fully saturated rings. The van der Waals surface area contributed by atoms with Gasteiger partial charge in [-0.05, 0) is 48.0 Å². The van der Waals surface area contributed by atoms with Gasteiger partial charge in [0.1, 0.15) is 9.79 Å². The molecule has 0 aliphatic heterocycles. The first-order chi connectivity index (χ1) is 16.7. The molecular weight excluding hydrogens is 606 g/mol. The largest absolute Gasteiger partial charge is 0.323 e. The van der Waals surface area contributed by atoms with Crippen LogP contribution in [0.3, 0.4) is 0 Å². The molecule has 200 valence electrons. The zero-order valence-corrected chi connectivity index (χ0v) is 21.4. The molecule has 3 rings (SSSR count). The van der Waals surface area contributed by atoms with Crippen LogP contribution in [0.5, 0.6) is 0 Å². The third-order valence-corrected chi connectivity index (χ3v) is 7.85. The Morgan fingerprint density at radius 1 is 0.568 bits per heavy atom. The average molecular weight is 618 g/mol. The third kappa shape index (κ3) is 7.06. The van der Waals surface area contributed by atoms with Crippen LogP contribution in [0.1, 0.15) is 0 Å². The van der Waals surface area contributed by atoms with Crippen molar-refractivity contribution in [3.63, 3.8) is 0 Å². The van der Waals surface area contributed by atoms with E-state index in [2.05, 4.69) is 25.6 Å². The van der Waals surface area contributed by atoms with Gasteiger partial charge in [-0.2, -0.15) is 48.6 Å². The lowest BCUT2D eigenvalue weighted by Gasteiger charge is -2.13. The Labute approximate surface area is 213 Å². The van der Waals surface area contributed by atoms with E-state index in [1.54, 1.807) is 0 Å². The van der Waals surface area contributed by atoms with Gasteiger partial charge >= 0.3 is 0 Å². The van der Waals surface area contributed by atoms with Crippen LogP contribution in [0, 0.1) is 0 Å². The lowest BCUT2D eigenvalue weighted by molar-refractivity contribution is 0.479. The number of benzene rings is 2. The van der Waals surface area contributed by atoms with Crippen molar-refractivity contribution < 1.29 is 51.9 Å². The summed E-state index contributed by atoms with van der Waals surface area (Å²) in [6.45, 7) is 0. The van der Waals surface area contributed by atoms with Crippen LogP contribution in [0.4, 0.5) is 23.3 Å². The molecule has 0 aliphatic rings. The van der Waals surface area contributed by atoms with E-state index >= 15 is 0 Å². The Morgan fingerprint density at radius 2 is 0.919 bits per heavy atom. The second-order valence-corrected chi connectivity index (χ2v) is 12.7. The molecule has 17 nitrogen and oxygen atoms in total. The molecule has 0 atom stereocenters. The third-order valence-electron chi connectivity index (χ3n) is 4.15. The average Bonchev–Trinajstić information content (AvgIpc) is 2.70. The van der Waals surface area contributed by atoms with Crippen molar-refractivity contribution in [1.82, 2.24) is 15.0 Å². The number of nitrogens with zero attached hydrogens (tertiary/aromatic N) is 3. The molecule has 3 aromatic rings. The number of anilines is 4. The summed E-state index contributed by atoms with van der Waals surface area (Å²) in [4.78, 5) is 7.65. The molecule has 0 saturated carbocycles. The highest BCUT2D eigenvalue weighted by molar-refractivity contribution is 7.87. The van der Waals surface area contributed by atoms with Gasteiger partial charge in [0.2, 0.25) is 17.2 Å². The van der Waals surface area contributed by atoms with Crippen LogP contribution < -0.4 is 10.6 Å². The van der Waals surface area contributed by atoms with Crippen molar-refractivity contribution >= 4 is 75.3 Å². The molecule has 0 spiro atoms. The number of nitrogens with one attached hydrogen (secondary N) is 2. The summed E-state index contributed by atoms with van der Waals surface area (Å²) in [7, 11) is -19.6. The van der Waals surface area contributed by atoms with Gasteiger partial charge in [0.25, 0.3) is 40.5 Å². The maximum atomic E-state index is 11.7. The maximum absolute atomic E-state index is 11.7. The highest BCUT2D eigenvalue weighted by atomic mass is 35.5. The lowest BCUT2D eigenvalue weighted by atomic mass is 10.3. The fourth-order valence-electron chi connectivity index (χ4n) is 2.69. The van der Waals surface area contributed by atoms with E-state index in [0.717, 1.165) is 0 Å². The Morgan fingerprint density at radius 3 is 1.22 bits per heavy atom. The summed E-state index contributed by atoms with van der Waals surface area (Å²) in [5, 5.41) is 3.84. The van der Waals surface area contributed by atoms with E-state index in [1.807, 2.05) is 0 Å². The minimum Gasteiger partial charge on any atom is -0.323 e. The zero-order chi connectivity index (χ0) is 28.0. The Balaban J connectivity index is 2.13. The Kier molecular flexibility index (Phi) is 7.48. The van der Waals surface area contributed by atoms with Gasteiger partial charge in [0.05, 0.1) is 21.2 Å². The lowest BCUT2D eigenvalue weighted by Crippen LogP contribution is -2.10. The molecule has 6 N–H and O–H groups in total. The van der Waals surface area contributed by atoms with Crippen LogP contribution in [-0.4, -0.2) is 66.8 Å². The quantitative estimate of drug-likeness (QED) is 0.192. The predicted molar refractivity (Wildman–Crippen MR) is 124 cm³/mol. The molecule has 37 heavy (non-hydrogen) atoms. The standard InChI is InChI=1S/C15H12ClN5O12S4/c16-13-19-14(17-9-5-7(34(22,23)24)1-3-11(9)36(28,29)30)21-15(20-13)18-10-6-8(35(25,26)27)2-4-12(10)37(31,32)33/h1-6H,(H,22,23,24)(H,25,26,27)(H,28,29,30)(H,31,32,33)(H2,17,18,19,20,21). The molecule has 22 heteroatoms. The fourth-order valence-corrected chi connectivity index (χ4v) is 5.12. The molecule has 0 saturated heterocycles. The summed E-state index contributed by atoms with van der Waals surface area (Å²) >= 11 is 5.80. The van der Waals surface area contributed by atoms with E-state index in [4.69, 9.17) is 11.6 Å². The van der Waals surface area contributed by atoms with Crippen molar-refractivity contribution in [1.29, 1.82) is 0 Å². The molecule has 1 heterocycles. The number of aromatic nitrogens is 3. The molecular formula is C15H12ClN5O12S4. The normalized spacial score (nSPS) is 12.8. The number of halogens is 1. The SMILES string of the molecule is O=S(=O)(O)c1ccc(S(=O)(=O)O)c(Nc2nc(Cl)nc(Nc3cc(S(=O)(=O)O)ccc3S(=O)(=O)O)n2)c1. The van der Waals surface area contributed by atoms with Gasteiger partial charge in [-0.1, -0.05) is 0 Å². The van der Waals surface area contributed by atoms with Crippen LogP contribution in [0.25, 0.3) is 0 Å². The van der Waals surface area contributed by atoms with Gasteiger partial charge in [-0.3, -0.25) is 18.2 Å². The Hall–Kier alpha value is -3.02. The Bertz CT molecular complexity index is 1710. The van der Waals surface area contributed by atoms with Gasteiger partial charge in [-0.25, -0.2) is 0 Å². The van der Waals surface area contributed by atoms with Crippen LogP contribution in [0.15, 0.2) is 56.0 Å². The summed E-state index contributed by atoms with van der Waals surface area (Å²) in [5.74, 6) is -1.25. The summed E-state index contributed by atoms with van der Waals surface area (Å²) in [5.41, 5.74) is -1.31. The zero-order valence-electron chi connectivity index (χ0n) is 17.4. The molecule has 2 aromatic carbocycles. The molecule has 0 radical (unpaired) electrons. The van der Waals surface area contributed by atoms with E-state index in [9.17, 15) is 51.9 Å². The van der Waals surface area contributed by atoms with Crippen LogP contribution >= 0.6 is 11.6 Å². The van der Waals surface area contributed by atoms with E-state index in [0.29, 0.717) is 36.4 Å². The molecule has 0 bridgehead atoms. The number of rotatable bonds is 8. The highest BCUT2D eigenvalue weighted by Gasteiger charge is 2.23. The van der Waals surface area contributed by atoms with Crippen molar-refractivity contribution in [2.45, 2.75) is 19.6 Å². The van der Waals surface area contributed by atoms with Crippen molar-refractivity contribution in [2.24, 2.45) is 0 Å². The number of hydrogen-bond acceptors (Lipinski definition) is 13. The van der Waals surface area contributed by atoms with E-state index < -0.39 is 88.6 Å². The second kappa shape index (κ2) is 9.70. The smallest absolute Gasteiger partial charge is 0.296 e. The molecule has 1 aromatic heterocycles. The van der Waals surface area contributed by atoms with Crippen LogP contribution in [-0.2, 0) is 40.5 Å². The minimum absolute atomic E-state index is 0.606. The van der Waals surface area contributed by atoms with Gasteiger partial charge < -0.3 is 10.6 Å². The fraction of sp³-hybridized carbons (Fsp3) is 0. The molecule has 0 aliphatic carbocycles. The number of hydrogen-bond donors (Lipinski definition) is 6. The highest BCUT2D eigenvalue weighted by Crippen LogP contribution is 2.30. The van der Waals surface area contributed by atoms with Gasteiger partial charge in [0, 0.05) is 0 Å². The topological polar surface area (TPSA) is 280 Å². The van der Waals surface area contributed by atoms with Crippen molar-refractivity contribution in [2.75, 3.05) is 10.6 Å². The summed E-state index contributed by atoms with van der Waals surface area (Å²) in [6.07, 6.45) is 0. The van der Waals surface area contributed by atoms with Crippen molar-refractivity contribution in [3.05, 3.63) is 41.7 Å². The van der Waals surface area contributed by atoms with Gasteiger partial charge in [0.15, 0.2) is 0 Å². The molecule has 0 unspecified atom stereocenters. The first kappa shape index (κ1) is 28.5. The van der Waals surface area contributed by atoms with E-state index in [1.165, 1.54) is 0 Å². The first-order valence-corrected chi connectivity index (χ1v) is 15.0. The maximum Gasteiger partial charge on any atom is 0.296 e. The molecule has 0 amide bonds. The summed E-state index contributed by atoms with van der Waals surface area (Å²) in [6, 6.07) is 3.85. The minimum atomic E-state index is -4.96. The van der Waals surface area contributed by atoms with Gasteiger partial charge in [-0.15, -0.1) is 0 Å².